The van der Waals surface area contributed by atoms with E-state index >= 15 is 0 Å². The summed E-state index contributed by atoms with van der Waals surface area (Å²) in [5.41, 5.74) is -1.18. The maximum atomic E-state index is 12.7. The number of carbonyl (C=O) groups excluding carboxylic acids is 3. The van der Waals surface area contributed by atoms with Crippen molar-refractivity contribution in [3.8, 4) is 0 Å². The van der Waals surface area contributed by atoms with Crippen LogP contribution in [0.4, 0.5) is 0 Å². The quantitative estimate of drug-likeness (QED) is 0.338. The van der Waals surface area contributed by atoms with Gasteiger partial charge in [0.2, 0.25) is 0 Å². The van der Waals surface area contributed by atoms with E-state index in [1.54, 1.807) is 0 Å². The summed E-state index contributed by atoms with van der Waals surface area (Å²) in [7, 11) is 0. The van der Waals surface area contributed by atoms with Crippen LogP contribution in [0.3, 0.4) is 0 Å². The molecule has 7 nitrogen and oxygen atoms in total. The van der Waals surface area contributed by atoms with Crippen LogP contribution in [0.1, 0.15) is 93.4 Å². The maximum Gasteiger partial charge on any atom is 0.303 e. The lowest BCUT2D eigenvalue weighted by Gasteiger charge is -2.35. The molecule has 0 aliphatic carbocycles. The maximum absolute atomic E-state index is 12.7. The van der Waals surface area contributed by atoms with Crippen molar-refractivity contribution in [3.05, 3.63) is 0 Å². The van der Waals surface area contributed by atoms with Crippen molar-refractivity contribution in [2.75, 3.05) is 13.2 Å². The van der Waals surface area contributed by atoms with Crippen LogP contribution in [0, 0.1) is 11.8 Å². The molecule has 0 aromatic rings. The molecule has 4 unspecified atom stereocenters. The number of Topliss-reactive ketones (excluding diaryl/α,β-unsaturated/α-hetero) is 1. The van der Waals surface area contributed by atoms with E-state index in [2.05, 4.69) is 0 Å². The van der Waals surface area contributed by atoms with Crippen LogP contribution < -0.4 is 0 Å². The highest BCUT2D eigenvalue weighted by Crippen LogP contribution is 2.50. The zero-order valence-corrected chi connectivity index (χ0v) is 21.0. The molecule has 0 saturated carbocycles. The van der Waals surface area contributed by atoms with Crippen LogP contribution in [0.5, 0.6) is 0 Å². The topological polar surface area (TPSA) is 91.4 Å². The Hall–Kier alpha value is -1.47. The molecule has 0 N–H and O–H groups in total. The number of hydrogen-bond donors (Lipinski definition) is 0. The normalized spacial score (nSPS) is 32.5. The Kier molecular flexibility index (Phi) is 8.90. The minimum atomic E-state index is -0.599. The largest absolute Gasteiger partial charge is 0.466 e. The van der Waals surface area contributed by atoms with Gasteiger partial charge in [0.1, 0.15) is 23.1 Å². The Bertz CT molecular complexity index is 688. The van der Waals surface area contributed by atoms with Crippen molar-refractivity contribution in [1.82, 2.24) is 0 Å². The molecule has 184 valence electrons. The smallest absolute Gasteiger partial charge is 0.303 e. The zero-order chi connectivity index (χ0) is 24.2. The van der Waals surface area contributed by atoms with E-state index < -0.39 is 5.60 Å². The summed E-state index contributed by atoms with van der Waals surface area (Å²) >= 11 is 0. The van der Waals surface area contributed by atoms with Gasteiger partial charge in [0, 0.05) is 26.2 Å². The third-order valence-corrected chi connectivity index (χ3v) is 7.39. The first-order valence-electron chi connectivity index (χ1n) is 12.0. The third-order valence-electron chi connectivity index (χ3n) is 7.39. The third kappa shape index (κ3) is 7.27. The summed E-state index contributed by atoms with van der Waals surface area (Å²) in [5.74, 6) is -0.169. The molecule has 2 fully saturated rings. The molecule has 0 amide bonds. The minimum Gasteiger partial charge on any atom is -0.466 e. The van der Waals surface area contributed by atoms with Crippen LogP contribution in [-0.4, -0.2) is 53.8 Å². The molecule has 0 aromatic heterocycles. The highest BCUT2D eigenvalue weighted by molar-refractivity contribution is 5.82. The molecule has 0 bridgehead atoms. The van der Waals surface area contributed by atoms with Crippen molar-refractivity contribution in [2.45, 2.75) is 116 Å². The molecule has 0 radical (unpaired) electrons. The lowest BCUT2D eigenvalue weighted by atomic mass is 9.85. The predicted octanol–water partition coefficient (Wildman–Crippen LogP) is 4.39. The van der Waals surface area contributed by atoms with Crippen LogP contribution in [0.15, 0.2) is 0 Å². The highest BCUT2D eigenvalue weighted by atomic mass is 16.6. The second kappa shape index (κ2) is 10.6. The van der Waals surface area contributed by atoms with Gasteiger partial charge in [-0.2, -0.15) is 0 Å². The van der Waals surface area contributed by atoms with Gasteiger partial charge in [-0.25, -0.2) is 0 Å². The Balaban J connectivity index is 1.88. The molecule has 2 heterocycles. The molecule has 5 atom stereocenters. The molecule has 2 aliphatic heterocycles. The lowest BCUT2D eigenvalue weighted by Crippen LogP contribution is -2.44. The molecule has 7 heteroatoms. The molecular weight excluding hydrogens is 412 g/mol. The Morgan fingerprint density at radius 1 is 1.06 bits per heavy atom. The van der Waals surface area contributed by atoms with Gasteiger partial charge in [-0.15, -0.1) is 0 Å². The summed E-state index contributed by atoms with van der Waals surface area (Å²) in [4.78, 5) is 35.4. The fraction of sp³-hybridized carbons (Fsp3) is 0.880. The molecule has 2 saturated heterocycles. The van der Waals surface area contributed by atoms with Gasteiger partial charge in [0.25, 0.3) is 0 Å². The van der Waals surface area contributed by atoms with Gasteiger partial charge in [-0.3, -0.25) is 14.4 Å². The molecule has 2 rings (SSSR count). The van der Waals surface area contributed by atoms with Crippen molar-refractivity contribution >= 4 is 17.7 Å². The van der Waals surface area contributed by atoms with Crippen molar-refractivity contribution in [1.29, 1.82) is 0 Å². The van der Waals surface area contributed by atoms with Gasteiger partial charge in [0.15, 0.2) is 0 Å². The Labute approximate surface area is 192 Å². The van der Waals surface area contributed by atoms with E-state index in [-0.39, 0.29) is 46.9 Å². The van der Waals surface area contributed by atoms with Crippen molar-refractivity contribution < 1.29 is 33.3 Å². The van der Waals surface area contributed by atoms with E-state index in [1.165, 1.54) is 13.8 Å². The van der Waals surface area contributed by atoms with Gasteiger partial charge in [-0.05, 0) is 72.1 Å². The first-order chi connectivity index (χ1) is 14.8. The summed E-state index contributed by atoms with van der Waals surface area (Å²) in [5, 5.41) is 0. The van der Waals surface area contributed by atoms with E-state index in [4.69, 9.17) is 18.9 Å². The summed E-state index contributed by atoms with van der Waals surface area (Å²) < 4.78 is 22.8. The standard InChI is InChI=1S/C25H42O7/c1-17(21(28)15-25(7)23(4,5)32-25)9-8-13-24(6)22(31-19(3)27)11-10-20(16-30-24)12-14-29-18(2)26/h17,20,22H,8-16H2,1-7H3/t17?,20?,22-,24?,25?/m1/s1. The SMILES string of the molecule is CC(=O)OCCC1CC[C@@H](OC(C)=O)C(C)(CCCC(C)C(=O)CC2(C)OC2(C)C)OC1. The Morgan fingerprint density at radius 3 is 2.28 bits per heavy atom. The first-order valence-corrected chi connectivity index (χ1v) is 12.0. The van der Waals surface area contributed by atoms with Gasteiger partial charge in [-0.1, -0.05) is 6.92 Å². The number of rotatable bonds is 11. The van der Waals surface area contributed by atoms with Crippen LogP contribution in [0.25, 0.3) is 0 Å². The van der Waals surface area contributed by atoms with Crippen LogP contribution in [-0.2, 0) is 33.3 Å². The first kappa shape index (κ1) is 26.8. The van der Waals surface area contributed by atoms with Crippen LogP contribution >= 0.6 is 0 Å². The fourth-order valence-corrected chi connectivity index (χ4v) is 4.60. The predicted molar refractivity (Wildman–Crippen MR) is 120 cm³/mol. The number of carbonyl (C=O) groups is 3. The van der Waals surface area contributed by atoms with E-state index in [1.807, 2.05) is 34.6 Å². The number of ketones is 1. The van der Waals surface area contributed by atoms with Crippen molar-refractivity contribution in [3.63, 3.8) is 0 Å². The summed E-state index contributed by atoms with van der Waals surface area (Å²) in [6, 6.07) is 0. The molecular formula is C25H42O7. The van der Waals surface area contributed by atoms with Crippen LogP contribution in [0.2, 0.25) is 0 Å². The lowest BCUT2D eigenvalue weighted by molar-refractivity contribution is -0.169. The van der Waals surface area contributed by atoms with E-state index in [0.717, 1.165) is 25.7 Å². The van der Waals surface area contributed by atoms with E-state index in [9.17, 15) is 14.4 Å². The number of epoxide rings is 1. The minimum absolute atomic E-state index is 0.0511. The molecule has 0 aromatic carbocycles. The number of ether oxygens (including phenoxy) is 4. The highest BCUT2D eigenvalue weighted by Gasteiger charge is 2.60. The molecule has 0 spiro atoms. The summed E-state index contributed by atoms with van der Waals surface area (Å²) in [6.45, 7) is 13.8. The fourth-order valence-electron chi connectivity index (χ4n) is 4.60. The van der Waals surface area contributed by atoms with Crippen molar-refractivity contribution in [2.24, 2.45) is 11.8 Å². The molecule has 32 heavy (non-hydrogen) atoms. The van der Waals surface area contributed by atoms with Gasteiger partial charge < -0.3 is 18.9 Å². The second-order valence-electron chi connectivity index (χ2n) is 10.6. The average molecular weight is 455 g/mol. The van der Waals surface area contributed by atoms with E-state index in [0.29, 0.717) is 32.5 Å². The zero-order valence-electron chi connectivity index (χ0n) is 21.0. The summed E-state index contributed by atoms with van der Waals surface area (Å²) in [6.07, 6.45) is 4.66. The molecule has 2 aliphatic rings. The number of hydrogen-bond acceptors (Lipinski definition) is 7. The second-order valence-corrected chi connectivity index (χ2v) is 10.6. The average Bonchev–Trinajstić information content (AvgIpc) is 3.21. The van der Waals surface area contributed by atoms with Gasteiger partial charge >= 0.3 is 11.9 Å². The Morgan fingerprint density at radius 2 is 1.72 bits per heavy atom. The van der Waals surface area contributed by atoms with Gasteiger partial charge in [0.05, 0.1) is 18.8 Å². The number of esters is 2. The monoisotopic (exact) mass is 454 g/mol.